The third kappa shape index (κ3) is 2.59. The third-order valence-electron chi connectivity index (χ3n) is 3.50. The quantitative estimate of drug-likeness (QED) is 0.801. The van der Waals surface area contributed by atoms with Crippen LogP contribution in [0.2, 0.25) is 0 Å². The molecule has 2 unspecified atom stereocenters. The van der Waals surface area contributed by atoms with E-state index in [1.807, 2.05) is 18.2 Å². The van der Waals surface area contributed by atoms with Gasteiger partial charge in [-0.15, -0.1) is 0 Å². The molecule has 1 aliphatic carbocycles. The SMILES string of the molecule is O=C(NC1CC1c1ccccc1)c1cc(O)cc(O)c1. The van der Waals surface area contributed by atoms with Crippen LogP contribution in [0.25, 0.3) is 0 Å². The van der Waals surface area contributed by atoms with Crippen molar-refractivity contribution in [3.8, 4) is 11.5 Å². The zero-order chi connectivity index (χ0) is 14.1. The summed E-state index contributed by atoms with van der Waals surface area (Å²) in [5.74, 6) is -0.165. The fraction of sp³-hybridized carbons (Fsp3) is 0.188. The van der Waals surface area contributed by atoms with Crippen molar-refractivity contribution in [2.45, 2.75) is 18.4 Å². The Labute approximate surface area is 116 Å². The molecule has 0 heterocycles. The summed E-state index contributed by atoms with van der Waals surface area (Å²) < 4.78 is 0. The minimum atomic E-state index is -0.278. The van der Waals surface area contributed by atoms with Gasteiger partial charge >= 0.3 is 0 Å². The number of nitrogens with one attached hydrogen (secondary N) is 1. The van der Waals surface area contributed by atoms with E-state index in [0.29, 0.717) is 5.92 Å². The topological polar surface area (TPSA) is 69.6 Å². The first kappa shape index (κ1) is 12.5. The molecule has 0 saturated heterocycles. The van der Waals surface area contributed by atoms with Crippen molar-refractivity contribution in [2.24, 2.45) is 0 Å². The van der Waals surface area contributed by atoms with Crippen molar-refractivity contribution in [1.82, 2.24) is 5.32 Å². The number of phenolic OH excluding ortho intramolecular Hbond substituents is 2. The molecule has 0 aromatic heterocycles. The molecule has 1 amide bonds. The zero-order valence-corrected chi connectivity index (χ0v) is 10.8. The van der Waals surface area contributed by atoms with Crippen LogP contribution in [0.5, 0.6) is 11.5 Å². The summed E-state index contributed by atoms with van der Waals surface area (Å²) in [7, 11) is 0. The minimum Gasteiger partial charge on any atom is -0.508 e. The van der Waals surface area contributed by atoms with Gasteiger partial charge in [0.2, 0.25) is 0 Å². The molecule has 0 radical (unpaired) electrons. The van der Waals surface area contributed by atoms with Crippen molar-refractivity contribution in [3.63, 3.8) is 0 Å². The molecule has 102 valence electrons. The van der Waals surface area contributed by atoms with Gasteiger partial charge in [-0.2, -0.15) is 0 Å². The van der Waals surface area contributed by atoms with Crippen molar-refractivity contribution >= 4 is 5.91 Å². The Morgan fingerprint density at radius 2 is 1.70 bits per heavy atom. The minimum absolute atomic E-state index is 0.120. The molecular weight excluding hydrogens is 254 g/mol. The Bertz CT molecular complexity index is 619. The Kier molecular flexibility index (Phi) is 3.06. The summed E-state index contributed by atoms with van der Waals surface area (Å²) in [6, 6.07) is 14.0. The first-order valence-electron chi connectivity index (χ1n) is 6.52. The molecule has 4 nitrogen and oxygen atoms in total. The predicted octanol–water partition coefficient (Wildman–Crippen LogP) is 2.38. The lowest BCUT2D eigenvalue weighted by Crippen LogP contribution is -2.26. The van der Waals surface area contributed by atoms with Gasteiger partial charge in [-0.3, -0.25) is 4.79 Å². The molecule has 1 fully saturated rings. The van der Waals surface area contributed by atoms with Gasteiger partial charge in [0.25, 0.3) is 5.91 Å². The lowest BCUT2D eigenvalue weighted by Gasteiger charge is -2.06. The molecule has 0 aliphatic heterocycles. The van der Waals surface area contributed by atoms with Crippen molar-refractivity contribution in [3.05, 3.63) is 59.7 Å². The number of hydrogen-bond donors (Lipinski definition) is 3. The van der Waals surface area contributed by atoms with Crippen LogP contribution >= 0.6 is 0 Å². The highest BCUT2D eigenvalue weighted by molar-refractivity contribution is 5.95. The fourth-order valence-corrected chi connectivity index (χ4v) is 2.40. The lowest BCUT2D eigenvalue weighted by atomic mass is 10.1. The zero-order valence-electron chi connectivity index (χ0n) is 10.8. The number of carbonyl (C=O) groups excluding carboxylic acids is 1. The van der Waals surface area contributed by atoms with E-state index < -0.39 is 0 Å². The molecule has 1 saturated carbocycles. The first-order chi connectivity index (χ1) is 9.63. The maximum absolute atomic E-state index is 12.0. The van der Waals surface area contributed by atoms with Crippen LogP contribution in [-0.4, -0.2) is 22.2 Å². The number of benzene rings is 2. The third-order valence-corrected chi connectivity index (χ3v) is 3.50. The van der Waals surface area contributed by atoms with Crippen LogP contribution in [-0.2, 0) is 0 Å². The first-order valence-corrected chi connectivity index (χ1v) is 6.52. The van der Waals surface area contributed by atoms with E-state index in [2.05, 4.69) is 17.4 Å². The lowest BCUT2D eigenvalue weighted by molar-refractivity contribution is 0.0949. The average molecular weight is 269 g/mol. The van der Waals surface area contributed by atoms with Gasteiger partial charge in [0.1, 0.15) is 11.5 Å². The van der Waals surface area contributed by atoms with E-state index in [1.165, 1.54) is 23.8 Å². The standard InChI is InChI=1S/C16H15NO3/c18-12-6-11(7-13(19)8-12)16(20)17-15-9-14(15)10-4-2-1-3-5-10/h1-8,14-15,18-19H,9H2,(H,17,20). The van der Waals surface area contributed by atoms with Gasteiger partial charge in [-0.25, -0.2) is 0 Å². The smallest absolute Gasteiger partial charge is 0.251 e. The maximum atomic E-state index is 12.0. The molecule has 3 rings (SSSR count). The average Bonchev–Trinajstić information content (AvgIpc) is 3.18. The second kappa shape index (κ2) is 4.89. The van der Waals surface area contributed by atoms with Gasteiger partial charge in [0, 0.05) is 23.6 Å². The Hall–Kier alpha value is -2.49. The van der Waals surface area contributed by atoms with Crippen molar-refractivity contribution in [1.29, 1.82) is 0 Å². The van der Waals surface area contributed by atoms with Crippen LogP contribution in [0.3, 0.4) is 0 Å². The van der Waals surface area contributed by atoms with E-state index in [9.17, 15) is 15.0 Å². The van der Waals surface area contributed by atoms with Crippen LogP contribution in [0.1, 0.15) is 28.3 Å². The summed E-state index contributed by atoms with van der Waals surface area (Å²) in [5, 5.41) is 21.7. The van der Waals surface area contributed by atoms with Gasteiger partial charge in [0.05, 0.1) is 0 Å². The number of carbonyl (C=O) groups is 1. The number of amides is 1. The highest BCUT2D eigenvalue weighted by atomic mass is 16.3. The maximum Gasteiger partial charge on any atom is 0.251 e. The van der Waals surface area contributed by atoms with E-state index in [0.717, 1.165) is 6.42 Å². The molecule has 0 spiro atoms. The van der Waals surface area contributed by atoms with E-state index >= 15 is 0 Å². The molecule has 2 aromatic carbocycles. The highest BCUT2D eigenvalue weighted by Gasteiger charge is 2.39. The van der Waals surface area contributed by atoms with E-state index in [4.69, 9.17) is 0 Å². The molecule has 1 aliphatic rings. The fourth-order valence-electron chi connectivity index (χ4n) is 2.40. The van der Waals surface area contributed by atoms with Crippen LogP contribution in [0, 0.1) is 0 Å². The molecule has 3 N–H and O–H groups in total. The summed E-state index contributed by atoms with van der Waals surface area (Å²) in [5.41, 5.74) is 1.48. The monoisotopic (exact) mass is 269 g/mol. The number of hydrogen-bond acceptors (Lipinski definition) is 3. The van der Waals surface area contributed by atoms with Gasteiger partial charge < -0.3 is 15.5 Å². The van der Waals surface area contributed by atoms with Crippen LogP contribution in [0.4, 0.5) is 0 Å². The second-order valence-corrected chi connectivity index (χ2v) is 5.07. The molecule has 4 heteroatoms. The largest absolute Gasteiger partial charge is 0.508 e. The summed E-state index contributed by atoms with van der Waals surface area (Å²) in [6.07, 6.45) is 0.917. The molecule has 20 heavy (non-hydrogen) atoms. The Balaban J connectivity index is 1.66. The van der Waals surface area contributed by atoms with Crippen molar-refractivity contribution in [2.75, 3.05) is 0 Å². The summed E-state index contributed by atoms with van der Waals surface area (Å²) in [6.45, 7) is 0. The Morgan fingerprint density at radius 1 is 1.05 bits per heavy atom. The number of rotatable bonds is 3. The molecule has 2 atom stereocenters. The molecule has 0 bridgehead atoms. The number of phenols is 2. The van der Waals surface area contributed by atoms with Gasteiger partial charge in [-0.1, -0.05) is 30.3 Å². The van der Waals surface area contributed by atoms with Crippen LogP contribution in [0.15, 0.2) is 48.5 Å². The summed E-state index contributed by atoms with van der Waals surface area (Å²) in [4.78, 5) is 12.0. The van der Waals surface area contributed by atoms with Gasteiger partial charge in [-0.05, 0) is 24.1 Å². The highest BCUT2D eigenvalue weighted by Crippen LogP contribution is 2.40. The van der Waals surface area contributed by atoms with E-state index in [-0.39, 0.29) is 29.0 Å². The predicted molar refractivity (Wildman–Crippen MR) is 74.8 cm³/mol. The molecular formula is C16H15NO3. The van der Waals surface area contributed by atoms with Crippen LogP contribution < -0.4 is 5.32 Å². The second-order valence-electron chi connectivity index (χ2n) is 5.07. The summed E-state index contributed by atoms with van der Waals surface area (Å²) >= 11 is 0. The van der Waals surface area contributed by atoms with Crippen molar-refractivity contribution < 1.29 is 15.0 Å². The molecule has 2 aromatic rings. The van der Waals surface area contributed by atoms with E-state index in [1.54, 1.807) is 0 Å². The van der Waals surface area contributed by atoms with Gasteiger partial charge in [0.15, 0.2) is 0 Å². The number of aromatic hydroxyl groups is 2. The Morgan fingerprint density at radius 3 is 2.35 bits per heavy atom. The normalized spacial score (nSPS) is 20.4.